The lowest BCUT2D eigenvalue weighted by atomic mass is 10.1. The minimum absolute atomic E-state index is 0.0687. The van der Waals surface area contributed by atoms with Crippen molar-refractivity contribution in [2.24, 2.45) is 0 Å². The van der Waals surface area contributed by atoms with Crippen LogP contribution in [0.5, 0.6) is 0 Å². The molecule has 2 aromatic rings. The van der Waals surface area contributed by atoms with Gasteiger partial charge in [0.1, 0.15) is 12.3 Å². The fourth-order valence-corrected chi connectivity index (χ4v) is 3.06. The van der Waals surface area contributed by atoms with Gasteiger partial charge in [0, 0.05) is 30.0 Å². The molecule has 1 aromatic heterocycles. The van der Waals surface area contributed by atoms with Gasteiger partial charge in [0.15, 0.2) is 0 Å². The maximum Gasteiger partial charge on any atom is 0.417 e. The molecule has 0 saturated carbocycles. The summed E-state index contributed by atoms with van der Waals surface area (Å²) in [7, 11) is 0. The minimum atomic E-state index is -4.53. The number of nitrogens with one attached hydrogen (secondary N) is 2. The first-order chi connectivity index (χ1) is 13.7. The zero-order valence-corrected chi connectivity index (χ0v) is 16.0. The summed E-state index contributed by atoms with van der Waals surface area (Å²) in [6, 6.07) is 7.34. The SMILES string of the molecule is N=C(COC(=O)Nc1ccc(Cl)cc1)c1ncc(C(F)(F)F)cc1N1CCCC1. The molecule has 2 N–H and O–H groups in total. The quantitative estimate of drug-likeness (QED) is 0.661. The van der Waals surface area contributed by atoms with Crippen LogP contribution < -0.4 is 10.2 Å². The van der Waals surface area contributed by atoms with Gasteiger partial charge in [0.25, 0.3) is 0 Å². The Morgan fingerprint density at radius 2 is 1.90 bits per heavy atom. The summed E-state index contributed by atoms with van der Waals surface area (Å²) in [6.45, 7) is 0.737. The van der Waals surface area contributed by atoms with Gasteiger partial charge in [-0.2, -0.15) is 13.2 Å². The van der Waals surface area contributed by atoms with Crippen molar-refractivity contribution in [3.63, 3.8) is 0 Å². The van der Waals surface area contributed by atoms with Crippen LogP contribution in [0.4, 0.5) is 29.3 Å². The van der Waals surface area contributed by atoms with Crippen molar-refractivity contribution in [2.75, 3.05) is 29.9 Å². The van der Waals surface area contributed by atoms with Crippen molar-refractivity contribution in [2.45, 2.75) is 19.0 Å². The van der Waals surface area contributed by atoms with Crippen molar-refractivity contribution in [3.8, 4) is 0 Å². The summed E-state index contributed by atoms with van der Waals surface area (Å²) in [5.74, 6) is 0. The van der Waals surface area contributed by atoms with Crippen molar-refractivity contribution >= 4 is 34.8 Å². The molecule has 3 rings (SSSR count). The molecule has 1 fully saturated rings. The molecule has 1 aliphatic rings. The van der Waals surface area contributed by atoms with Crippen LogP contribution in [0.15, 0.2) is 36.5 Å². The molecular formula is C19H18ClF3N4O2. The van der Waals surface area contributed by atoms with Crippen LogP contribution in [0, 0.1) is 5.41 Å². The number of alkyl halides is 3. The Morgan fingerprint density at radius 1 is 1.24 bits per heavy atom. The van der Waals surface area contributed by atoms with Crippen LogP contribution in [0.1, 0.15) is 24.1 Å². The van der Waals surface area contributed by atoms with E-state index in [-0.39, 0.29) is 17.1 Å². The number of rotatable bonds is 5. The zero-order chi connectivity index (χ0) is 21.0. The van der Waals surface area contributed by atoms with E-state index in [1.54, 1.807) is 29.2 Å². The number of aromatic nitrogens is 1. The summed E-state index contributed by atoms with van der Waals surface area (Å²) in [6.07, 6.45) is -2.94. The first-order valence-corrected chi connectivity index (χ1v) is 9.21. The van der Waals surface area contributed by atoms with Gasteiger partial charge >= 0.3 is 12.3 Å². The molecule has 2 heterocycles. The predicted octanol–water partition coefficient (Wildman–Crippen LogP) is 4.97. The van der Waals surface area contributed by atoms with Crippen molar-refractivity contribution in [3.05, 3.63) is 52.8 Å². The van der Waals surface area contributed by atoms with Crippen molar-refractivity contribution in [1.82, 2.24) is 4.98 Å². The number of carbonyl (C=O) groups is 1. The number of pyridine rings is 1. The monoisotopic (exact) mass is 426 g/mol. The number of hydrogen-bond acceptors (Lipinski definition) is 5. The molecule has 1 aromatic carbocycles. The number of halogens is 4. The lowest BCUT2D eigenvalue weighted by molar-refractivity contribution is -0.137. The molecule has 1 aliphatic heterocycles. The number of benzene rings is 1. The van der Waals surface area contributed by atoms with E-state index in [9.17, 15) is 18.0 Å². The third kappa shape index (κ3) is 5.38. The first kappa shape index (κ1) is 20.9. The molecule has 0 bridgehead atoms. The standard InChI is InChI=1S/C19H18ClF3N4O2/c20-13-3-5-14(6-4-13)26-18(28)29-11-15(24)17-16(27-7-1-2-8-27)9-12(10-25-17)19(21,22)23/h3-6,9-10,24H,1-2,7-8,11H2,(H,26,28). The first-order valence-electron chi connectivity index (χ1n) is 8.83. The average molecular weight is 427 g/mol. The van der Waals surface area contributed by atoms with E-state index in [0.717, 1.165) is 18.9 Å². The van der Waals surface area contributed by atoms with Gasteiger partial charge in [-0.1, -0.05) is 11.6 Å². The van der Waals surface area contributed by atoms with Crippen LogP contribution in [-0.4, -0.2) is 36.5 Å². The highest BCUT2D eigenvalue weighted by molar-refractivity contribution is 6.30. The fourth-order valence-electron chi connectivity index (χ4n) is 2.93. The number of ether oxygens (including phenoxy) is 1. The van der Waals surface area contributed by atoms with Gasteiger partial charge in [-0.3, -0.25) is 15.7 Å². The molecule has 6 nitrogen and oxygen atoms in total. The average Bonchev–Trinajstić information content (AvgIpc) is 3.21. The smallest absolute Gasteiger partial charge is 0.417 e. The van der Waals surface area contributed by atoms with Gasteiger partial charge in [-0.25, -0.2) is 4.79 Å². The molecule has 154 valence electrons. The van der Waals surface area contributed by atoms with Gasteiger partial charge < -0.3 is 9.64 Å². The summed E-state index contributed by atoms with van der Waals surface area (Å²) in [5.41, 5.74) is -0.316. The Morgan fingerprint density at radius 3 is 2.52 bits per heavy atom. The zero-order valence-electron chi connectivity index (χ0n) is 15.2. The molecule has 0 atom stereocenters. The Hall–Kier alpha value is -2.81. The largest absolute Gasteiger partial charge is 0.443 e. The van der Waals surface area contributed by atoms with E-state index in [1.807, 2.05) is 0 Å². The minimum Gasteiger partial charge on any atom is -0.443 e. The topological polar surface area (TPSA) is 78.3 Å². The number of hydrogen-bond donors (Lipinski definition) is 2. The van der Waals surface area contributed by atoms with Crippen LogP contribution in [-0.2, 0) is 10.9 Å². The number of nitrogens with zero attached hydrogens (tertiary/aromatic N) is 2. The van der Waals surface area contributed by atoms with E-state index in [0.29, 0.717) is 30.0 Å². The molecule has 1 saturated heterocycles. The summed E-state index contributed by atoms with van der Waals surface area (Å²) >= 11 is 5.77. The highest BCUT2D eigenvalue weighted by Crippen LogP contribution is 2.33. The van der Waals surface area contributed by atoms with Gasteiger partial charge in [0.2, 0.25) is 0 Å². The fraction of sp³-hybridized carbons (Fsp3) is 0.316. The Balaban J connectivity index is 1.70. The highest BCUT2D eigenvalue weighted by Gasteiger charge is 2.33. The van der Waals surface area contributed by atoms with E-state index in [1.165, 1.54) is 0 Å². The molecule has 29 heavy (non-hydrogen) atoms. The van der Waals surface area contributed by atoms with Crippen LogP contribution in [0.2, 0.25) is 5.02 Å². The maximum absolute atomic E-state index is 13.1. The Bertz CT molecular complexity index is 897. The lowest BCUT2D eigenvalue weighted by Gasteiger charge is -2.22. The van der Waals surface area contributed by atoms with Crippen molar-refractivity contribution < 1.29 is 22.7 Å². The lowest BCUT2D eigenvalue weighted by Crippen LogP contribution is -2.25. The molecule has 0 radical (unpaired) electrons. The van der Waals surface area contributed by atoms with E-state index < -0.39 is 24.4 Å². The van der Waals surface area contributed by atoms with Gasteiger partial charge in [0.05, 0.1) is 17.0 Å². The predicted molar refractivity (Wildman–Crippen MR) is 104 cm³/mol. The molecular weight excluding hydrogens is 409 g/mol. The molecule has 0 aliphatic carbocycles. The molecule has 1 amide bonds. The summed E-state index contributed by atoms with van der Waals surface area (Å²) in [5, 5.41) is 11.2. The van der Waals surface area contributed by atoms with Crippen LogP contribution >= 0.6 is 11.6 Å². The second-order valence-electron chi connectivity index (χ2n) is 6.47. The normalized spacial score (nSPS) is 14.0. The number of anilines is 2. The third-order valence-corrected chi connectivity index (χ3v) is 4.62. The van der Waals surface area contributed by atoms with E-state index in [2.05, 4.69) is 10.3 Å². The second-order valence-corrected chi connectivity index (χ2v) is 6.91. The summed E-state index contributed by atoms with van der Waals surface area (Å²) in [4.78, 5) is 17.5. The maximum atomic E-state index is 13.1. The van der Waals surface area contributed by atoms with Crippen molar-refractivity contribution in [1.29, 1.82) is 5.41 Å². The van der Waals surface area contributed by atoms with E-state index in [4.69, 9.17) is 21.7 Å². The van der Waals surface area contributed by atoms with E-state index >= 15 is 0 Å². The van der Waals surface area contributed by atoms with Gasteiger partial charge in [-0.05, 0) is 43.2 Å². The molecule has 0 unspecified atom stereocenters. The number of carbonyl (C=O) groups excluding carboxylic acids is 1. The second kappa shape index (κ2) is 8.69. The third-order valence-electron chi connectivity index (χ3n) is 4.37. The Labute approximate surface area is 170 Å². The van der Waals surface area contributed by atoms with Crippen LogP contribution in [0.25, 0.3) is 0 Å². The molecule has 10 heteroatoms. The molecule has 0 spiro atoms. The Kier molecular flexibility index (Phi) is 6.26. The number of amides is 1. The van der Waals surface area contributed by atoms with Gasteiger partial charge in [-0.15, -0.1) is 0 Å². The highest BCUT2D eigenvalue weighted by atomic mass is 35.5. The summed E-state index contributed by atoms with van der Waals surface area (Å²) < 4.78 is 44.2. The van der Waals surface area contributed by atoms with Crippen LogP contribution in [0.3, 0.4) is 0 Å².